The summed E-state index contributed by atoms with van der Waals surface area (Å²) < 4.78 is 0. The normalized spacial score (nSPS) is 11.7. The number of amides is 1. The molecule has 25 heavy (non-hydrogen) atoms. The van der Waals surface area contributed by atoms with E-state index in [0.717, 1.165) is 12.1 Å². The van der Waals surface area contributed by atoms with E-state index in [-0.39, 0.29) is 17.4 Å². The Labute approximate surface area is 148 Å². The van der Waals surface area contributed by atoms with E-state index in [1.165, 1.54) is 0 Å². The number of hydrogen-bond acceptors (Lipinski definition) is 4. The lowest BCUT2D eigenvalue weighted by molar-refractivity contribution is -0.120. The molecule has 1 atom stereocenters. The van der Waals surface area contributed by atoms with Gasteiger partial charge in [0.15, 0.2) is 5.78 Å². The van der Waals surface area contributed by atoms with Crippen molar-refractivity contribution in [2.45, 2.75) is 25.8 Å². The molecule has 5 nitrogen and oxygen atoms in total. The second-order valence-electron chi connectivity index (χ2n) is 5.83. The van der Waals surface area contributed by atoms with Gasteiger partial charge in [0.05, 0.1) is 6.04 Å². The quantitative estimate of drug-likeness (QED) is 0.612. The van der Waals surface area contributed by atoms with E-state index in [1.807, 2.05) is 13.0 Å². The molecular weight excluding hydrogens is 316 g/mol. The molecule has 2 aromatic carbocycles. The Hall–Kier alpha value is -2.66. The zero-order valence-corrected chi connectivity index (χ0v) is 14.4. The molecule has 5 heteroatoms. The van der Waals surface area contributed by atoms with Gasteiger partial charge < -0.3 is 15.7 Å². The van der Waals surface area contributed by atoms with E-state index in [4.69, 9.17) is 0 Å². The predicted octanol–water partition coefficient (Wildman–Crippen LogP) is 2.30. The molecule has 0 aliphatic rings. The molecule has 0 aliphatic heterocycles. The SMILES string of the molecule is CCNCCC(=O)C(Cc1ccc(O)cc1)NC(=O)c1ccccc1. The third-order valence-electron chi connectivity index (χ3n) is 3.90. The van der Waals surface area contributed by atoms with Crippen molar-refractivity contribution in [3.05, 3.63) is 65.7 Å². The first kappa shape index (κ1) is 18.7. The summed E-state index contributed by atoms with van der Waals surface area (Å²) in [6, 6.07) is 14.9. The highest BCUT2D eigenvalue weighted by Crippen LogP contribution is 2.12. The Morgan fingerprint density at radius 1 is 1.04 bits per heavy atom. The molecule has 0 spiro atoms. The minimum atomic E-state index is -0.601. The van der Waals surface area contributed by atoms with Crippen LogP contribution in [0.1, 0.15) is 29.3 Å². The minimum Gasteiger partial charge on any atom is -0.508 e. The number of aromatic hydroxyl groups is 1. The highest BCUT2D eigenvalue weighted by molar-refractivity contribution is 5.98. The van der Waals surface area contributed by atoms with Crippen molar-refractivity contribution < 1.29 is 14.7 Å². The molecule has 0 bridgehead atoms. The van der Waals surface area contributed by atoms with Gasteiger partial charge in [-0.3, -0.25) is 9.59 Å². The zero-order chi connectivity index (χ0) is 18.1. The Morgan fingerprint density at radius 3 is 2.36 bits per heavy atom. The standard InChI is InChI=1S/C20H24N2O3/c1-2-21-13-12-19(24)18(14-15-8-10-17(23)11-9-15)22-20(25)16-6-4-3-5-7-16/h3-11,18,21,23H,2,12-14H2,1H3,(H,22,25). The van der Waals surface area contributed by atoms with Crippen LogP contribution in [0.4, 0.5) is 0 Å². The van der Waals surface area contributed by atoms with Gasteiger partial charge >= 0.3 is 0 Å². The molecule has 0 saturated heterocycles. The predicted molar refractivity (Wildman–Crippen MR) is 97.7 cm³/mol. The Bertz CT molecular complexity index is 684. The number of hydrogen-bond donors (Lipinski definition) is 3. The van der Waals surface area contributed by atoms with Gasteiger partial charge in [0, 0.05) is 18.5 Å². The van der Waals surface area contributed by atoms with Crippen molar-refractivity contribution in [1.29, 1.82) is 0 Å². The number of rotatable bonds is 9. The fourth-order valence-corrected chi connectivity index (χ4v) is 2.51. The number of ketones is 1. The molecule has 0 aliphatic carbocycles. The number of nitrogens with one attached hydrogen (secondary N) is 2. The van der Waals surface area contributed by atoms with Gasteiger partial charge in [0.2, 0.25) is 0 Å². The molecule has 132 valence electrons. The summed E-state index contributed by atoms with van der Waals surface area (Å²) in [6.45, 7) is 3.37. The molecule has 3 N–H and O–H groups in total. The monoisotopic (exact) mass is 340 g/mol. The van der Waals surface area contributed by atoms with E-state index >= 15 is 0 Å². The third-order valence-corrected chi connectivity index (χ3v) is 3.90. The zero-order valence-electron chi connectivity index (χ0n) is 14.4. The van der Waals surface area contributed by atoms with Crippen molar-refractivity contribution in [2.75, 3.05) is 13.1 Å². The topological polar surface area (TPSA) is 78.4 Å². The molecule has 0 fully saturated rings. The summed E-state index contributed by atoms with van der Waals surface area (Å²) in [6.07, 6.45) is 0.746. The molecule has 0 radical (unpaired) electrons. The molecule has 1 unspecified atom stereocenters. The van der Waals surface area contributed by atoms with Crippen molar-refractivity contribution >= 4 is 11.7 Å². The molecule has 2 rings (SSSR count). The Kier molecular flexibility index (Phi) is 7.16. The van der Waals surface area contributed by atoms with Crippen molar-refractivity contribution in [3.8, 4) is 5.75 Å². The summed E-state index contributed by atoms with van der Waals surface area (Å²) in [5.41, 5.74) is 1.41. The van der Waals surface area contributed by atoms with E-state index in [2.05, 4.69) is 10.6 Å². The maximum absolute atomic E-state index is 12.6. The van der Waals surface area contributed by atoms with Crippen molar-refractivity contribution in [2.24, 2.45) is 0 Å². The van der Waals surface area contributed by atoms with Crippen LogP contribution in [0.25, 0.3) is 0 Å². The summed E-state index contributed by atoms with van der Waals surface area (Å²) in [7, 11) is 0. The van der Waals surface area contributed by atoms with Crippen molar-refractivity contribution in [3.63, 3.8) is 0 Å². The smallest absolute Gasteiger partial charge is 0.251 e. The highest BCUT2D eigenvalue weighted by atomic mass is 16.3. The Balaban J connectivity index is 2.09. The van der Waals surface area contributed by atoms with Crippen LogP contribution in [0.3, 0.4) is 0 Å². The third kappa shape index (κ3) is 6.04. The number of carbonyl (C=O) groups excluding carboxylic acids is 2. The maximum atomic E-state index is 12.6. The van der Waals surface area contributed by atoms with Crippen LogP contribution in [-0.4, -0.2) is 35.9 Å². The maximum Gasteiger partial charge on any atom is 0.251 e. The summed E-state index contributed by atoms with van der Waals surface area (Å²) >= 11 is 0. The van der Waals surface area contributed by atoms with Crippen LogP contribution >= 0.6 is 0 Å². The van der Waals surface area contributed by atoms with E-state index < -0.39 is 6.04 Å². The van der Waals surface area contributed by atoms with E-state index in [0.29, 0.717) is 24.9 Å². The van der Waals surface area contributed by atoms with Crippen LogP contribution in [0.15, 0.2) is 54.6 Å². The van der Waals surface area contributed by atoms with Gasteiger partial charge in [-0.05, 0) is 42.8 Å². The van der Waals surface area contributed by atoms with E-state index in [9.17, 15) is 14.7 Å². The van der Waals surface area contributed by atoms with Gasteiger partial charge in [-0.15, -0.1) is 0 Å². The summed E-state index contributed by atoms with van der Waals surface area (Å²) in [4.78, 5) is 25.0. The summed E-state index contributed by atoms with van der Waals surface area (Å²) in [5.74, 6) is -0.105. The second-order valence-corrected chi connectivity index (χ2v) is 5.83. The lowest BCUT2D eigenvalue weighted by Crippen LogP contribution is -2.43. The highest BCUT2D eigenvalue weighted by Gasteiger charge is 2.21. The summed E-state index contributed by atoms with van der Waals surface area (Å²) in [5, 5.41) is 15.4. The van der Waals surface area contributed by atoms with Crippen LogP contribution < -0.4 is 10.6 Å². The van der Waals surface area contributed by atoms with Gasteiger partial charge in [-0.1, -0.05) is 37.3 Å². The molecule has 1 amide bonds. The molecule has 0 saturated carbocycles. The average molecular weight is 340 g/mol. The van der Waals surface area contributed by atoms with Crippen LogP contribution in [0.5, 0.6) is 5.75 Å². The Morgan fingerprint density at radius 2 is 1.72 bits per heavy atom. The van der Waals surface area contributed by atoms with Crippen LogP contribution in [0, 0.1) is 0 Å². The van der Waals surface area contributed by atoms with Crippen LogP contribution in [-0.2, 0) is 11.2 Å². The molecular formula is C20H24N2O3. The van der Waals surface area contributed by atoms with Gasteiger partial charge in [0.1, 0.15) is 5.75 Å². The van der Waals surface area contributed by atoms with Gasteiger partial charge in [0.25, 0.3) is 5.91 Å². The first-order valence-electron chi connectivity index (χ1n) is 8.47. The number of phenols is 1. The first-order valence-corrected chi connectivity index (χ1v) is 8.47. The number of benzene rings is 2. The number of phenolic OH excluding ortho intramolecular Hbond substituents is 1. The first-order chi connectivity index (χ1) is 12.1. The fraction of sp³-hybridized carbons (Fsp3) is 0.300. The second kappa shape index (κ2) is 9.59. The van der Waals surface area contributed by atoms with Gasteiger partial charge in [-0.25, -0.2) is 0 Å². The number of carbonyl (C=O) groups is 2. The fourth-order valence-electron chi connectivity index (χ4n) is 2.51. The lowest BCUT2D eigenvalue weighted by atomic mass is 10.00. The van der Waals surface area contributed by atoms with Gasteiger partial charge in [-0.2, -0.15) is 0 Å². The van der Waals surface area contributed by atoms with Crippen molar-refractivity contribution in [1.82, 2.24) is 10.6 Å². The lowest BCUT2D eigenvalue weighted by Gasteiger charge is -2.18. The largest absolute Gasteiger partial charge is 0.508 e. The molecule has 0 aromatic heterocycles. The minimum absolute atomic E-state index is 0.0155. The van der Waals surface area contributed by atoms with Crippen LogP contribution in [0.2, 0.25) is 0 Å². The number of Topliss-reactive ketones (excluding diaryl/α,β-unsaturated/α-hetero) is 1. The molecule has 2 aromatic rings. The average Bonchev–Trinajstić information content (AvgIpc) is 2.63. The van der Waals surface area contributed by atoms with E-state index in [1.54, 1.807) is 48.5 Å². The molecule has 0 heterocycles.